The highest BCUT2D eigenvalue weighted by Crippen LogP contribution is 2.42. The van der Waals surface area contributed by atoms with Gasteiger partial charge in [0.1, 0.15) is 5.69 Å². The van der Waals surface area contributed by atoms with Gasteiger partial charge in [-0.25, -0.2) is 15.0 Å². The summed E-state index contributed by atoms with van der Waals surface area (Å²) in [5.41, 5.74) is 5.39. The van der Waals surface area contributed by atoms with E-state index in [2.05, 4.69) is 32.2 Å². The van der Waals surface area contributed by atoms with Crippen LogP contribution in [0.25, 0.3) is 11.0 Å². The number of hydrogen-bond acceptors (Lipinski definition) is 9. The number of thioether (sulfide) groups is 1. The van der Waals surface area contributed by atoms with E-state index in [1.165, 1.54) is 6.20 Å². The van der Waals surface area contributed by atoms with Gasteiger partial charge in [0.05, 0.1) is 36.0 Å². The minimum Gasteiger partial charge on any atom is -0.392 e. The van der Waals surface area contributed by atoms with E-state index >= 15 is 0 Å². The van der Waals surface area contributed by atoms with Crippen molar-refractivity contribution < 1.29 is 19.4 Å². The predicted molar refractivity (Wildman–Crippen MR) is 163 cm³/mol. The molecule has 9 nitrogen and oxygen atoms in total. The summed E-state index contributed by atoms with van der Waals surface area (Å²) in [6.07, 6.45) is 4.03. The first-order valence-corrected chi connectivity index (χ1v) is 15.0. The minimum atomic E-state index is -0.586. The lowest BCUT2D eigenvalue weighted by atomic mass is 9.91. The van der Waals surface area contributed by atoms with Crippen molar-refractivity contribution in [3.05, 3.63) is 125 Å². The fourth-order valence-corrected chi connectivity index (χ4v) is 5.92. The highest BCUT2D eigenvalue weighted by molar-refractivity contribution is 7.99. The molecule has 1 amide bonds. The van der Waals surface area contributed by atoms with Gasteiger partial charge >= 0.3 is 0 Å². The van der Waals surface area contributed by atoms with Crippen LogP contribution >= 0.6 is 11.8 Å². The van der Waals surface area contributed by atoms with Crippen molar-refractivity contribution in [3.8, 4) is 0 Å². The first-order chi connectivity index (χ1) is 21.1. The molecule has 1 aliphatic heterocycles. The molecule has 5 aromatic rings. The van der Waals surface area contributed by atoms with E-state index in [0.29, 0.717) is 23.0 Å². The number of nitrogens with zero attached hydrogens (tertiary/aromatic N) is 4. The maximum absolute atomic E-state index is 12.7. The van der Waals surface area contributed by atoms with Gasteiger partial charge in [-0.3, -0.25) is 9.78 Å². The van der Waals surface area contributed by atoms with Crippen LogP contribution in [-0.2, 0) is 22.6 Å². The molecule has 6 rings (SSSR count). The monoisotopic (exact) mass is 593 g/mol. The number of fused-ring (bicyclic) bond motifs is 1. The maximum atomic E-state index is 12.7. The van der Waals surface area contributed by atoms with E-state index < -0.39 is 6.29 Å². The van der Waals surface area contributed by atoms with Crippen LogP contribution < -0.4 is 5.32 Å². The molecular weight excluding hydrogens is 562 g/mol. The molecule has 0 unspecified atom stereocenters. The summed E-state index contributed by atoms with van der Waals surface area (Å²) in [6.45, 7) is 2.46. The third-order valence-corrected chi connectivity index (χ3v) is 8.39. The molecule has 4 atom stereocenters. The van der Waals surface area contributed by atoms with Crippen LogP contribution in [-0.4, -0.2) is 42.8 Å². The largest absolute Gasteiger partial charge is 0.392 e. The number of carbonyl (C=O) groups excluding carboxylic acids is 1. The fourth-order valence-electron chi connectivity index (χ4n) is 4.96. The summed E-state index contributed by atoms with van der Waals surface area (Å²) >= 11 is 1.56. The van der Waals surface area contributed by atoms with Gasteiger partial charge in [0.15, 0.2) is 11.4 Å². The van der Waals surface area contributed by atoms with Gasteiger partial charge in [-0.2, -0.15) is 0 Å². The first-order valence-electron chi connectivity index (χ1n) is 14.1. The van der Waals surface area contributed by atoms with Gasteiger partial charge < -0.3 is 19.9 Å². The summed E-state index contributed by atoms with van der Waals surface area (Å²) in [6, 6.07) is 25.0. The average Bonchev–Trinajstić information content (AvgIpc) is 3.07. The van der Waals surface area contributed by atoms with Gasteiger partial charge in [0.2, 0.25) is 0 Å². The van der Waals surface area contributed by atoms with Crippen molar-refractivity contribution in [1.29, 1.82) is 0 Å². The van der Waals surface area contributed by atoms with Crippen molar-refractivity contribution in [2.45, 2.75) is 43.7 Å². The summed E-state index contributed by atoms with van der Waals surface area (Å²) in [7, 11) is 0. The van der Waals surface area contributed by atoms with Crippen molar-refractivity contribution in [2.75, 3.05) is 5.75 Å². The molecule has 1 aliphatic rings. The van der Waals surface area contributed by atoms with Gasteiger partial charge in [-0.15, -0.1) is 0 Å². The molecule has 1 fully saturated rings. The Balaban J connectivity index is 1.15. The highest BCUT2D eigenvalue weighted by Gasteiger charge is 2.38. The number of hydrogen-bond donors (Lipinski definition) is 2. The second-order valence-electron chi connectivity index (χ2n) is 10.3. The number of para-hydroxylation sites is 2. The van der Waals surface area contributed by atoms with Crippen LogP contribution in [0.4, 0.5) is 0 Å². The molecule has 10 heteroatoms. The van der Waals surface area contributed by atoms with Crippen LogP contribution in [0.2, 0.25) is 0 Å². The van der Waals surface area contributed by atoms with Crippen molar-refractivity contribution in [2.24, 2.45) is 5.92 Å². The van der Waals surface area contributed by atoms with Crippen molar-refractivity contribution in [1.82, 2.24) is 25.3 Å². The molecule has 0 radical (unpaired) electrons. The summed E-state index contributed by atoms with van der Waals surface area (Å²) in [5, 5.41) is 13.1. The molecule has 43 heavy (non-hydrogen) atoms. The third kappa shape index (κ3) is 6.89. The molecule has 2 N–H and O–H groups in total. The third-order valence-electron chi connectivity index (χ3n) is 7.43. The number of amides is 1. The van der Waals surface area contributed by atoms with E-state index in [4.69, 9.17) is 9.47 Å². The zero-order valence-electron chi connectivity index (χ0n) is 23.5. The quantitative estimate of drug-likeness (QED) is 0.170. The van der Waals surface area contributed by atoms with Gasteiger partial charge in [0, 0.05) is 36.2 Å². The average molecular weight is 594 g/mol. The van der Waals surface area contributed by atoms with E-state index in [1.807, 2.05) is 72.8 Å². The lowest BCUT2D eigenvalue weighted by Crippen LogP contribution is -2.38. The molecule has 0 bridgehead atoms. The number of aliphatic hydroxyl groups excluding tert-OH is 1. The molecule has 3 aromatic carbocycles. The second-order valence-corrected chi connectivity index (χ2v) is 11.3. The Morgan fingerprint density at radius 1 is 0.860 bits per heavy atom. The highest BCUT2D eigenvalue weighted by atomic mass is 32.2. The molecule has 0 saturated carbocycles. The Labute approximate surface area is 253 Å². The Morgan fingerprint density at radius 3 is 2.30 bits per heavy atom. The Kier molecular flexibility index (Phi) is 8.99. The Morgan fingerprint density at radius 2 is 1.56 bits per heavy atom. The Bertz CT molecular complexity index is 1670. The molecule has 1 saturated heterocycles. The maximum Gasteiger partial charge on any atom is 0.271 e. The zero-order valence-corrected chi connectivity index (χ0v) is 24.4. The van der Waals surface area contributed by atoms with Gasteiger partial charge in [0.25, 0.3) is 5.91 Å². The van der Waals surface area contributed by atoms with Crippen molar-refractivity contribution >= 4 is 28.7 Å². The van der Waals surface area contributed by atoms with Crippen LogP contribution in [0, 0.1) is 5.92 Å². The number of ether oxygens (including phenoxy) is 2. The summed E-state index contributed by atoms with van der Waals surface area (Å²) < 4.78 is 13.1. The van der Waals surface area contributed by atoms with E-state index in [9.17, 15) is 9.90 Å². The zero-order chi connectivity index (χ0) is 29.6. The molecule has 218 valence electrons. The smallest absolute Gasteiger partial charge is 0.271 e. The van der Waals surface area contributed by atoms with E-state index in [-0.39, 0.29) is 36.3 Å². The summed E-state index contributed by atoms with van der Waals surface area (Å²) in [5.74, 6) is 0.436. The molecule has 0 aliphatic carbocycles. The SMILES string of the molecule is C[C@@H]1[C@H](CSc2ncccn2)O[C@H](c2ccc(CNC(=O)c3cnc4ccccc4n3)cc2)O[C@@H]1c1ccc(CO)cc1. The molecular formula is C33H31N5O4S. The van der Waals surface area contributed by atoms with Crippen LogP contribution in [0.15, 0.2) is 103 Å². The lowest BCUT2D eigenvalue weighted by Gasteiger charge is -2.41. The standard InChI is InChI=1S/C33H31N5O4S/c1-21-29(20-43-33-34-15-4-16-35-33)41-32(42-30(21)24-11-9-23(19-39)10-12-24)25-13-7-22(8-14-25)17-37-31(40)28-18-36-26-5-2-3-6-27(26)38-28/h2-16,18,21,29-30,32,39H,17,19-20H2,1H3,(H,37,40)/t21-,29+,30+,32+/m1/s1. The van der Waals surface area contributed by atoms with Crippen LogP contribution in [0.5, 0.6) is 0 Å². The number of aliphatic hydroxyl groups is 1. The van der Waals surface area contributed by atoms with Gasteiger partial charge in [-0.05, 0) is 34.9 Å². The number of carbonyl (C=O) groups is 1. The van der Waals surface area contributed by atoms with Crippen LogP contribution in [0.3, 0.4) is 0 Å². The normalized spacial score (nSPS) is 20.1. The lowest BCUT2D eigenvalue weighted by molar-refractivity contribution is -0.268. The number of benzene rings is 3. The predicted octanol–water partition coefficient (Wildman–Crippen LogP) is 5.43. The molecule has 0 spiro atoms. The first kappa shape index (κ1) is 28.9. The fraction of sp³-hybridized carbons (Fsp3) is 0.242. The van der Waals surface area contributed by atoms with E-state index in [1.54, 1.807) is 30.2 Å². The topological polar surface area (TPSA) is 119 Å². The number of nitrogens with one attached hydrogen (secondary N) is 1. The summed E-state index contributed by atoms with van der Waals surface area (Å²) in [4.78, 5) is 30.2. The Hall–Kier alpha value is -4.22. The number of aromatic nitrogens is 4. The number of rotatable bonds is 9. The molecule has 2 aromatic heterocycles. The van der Waals surface area contributed by atoms with Crippen molar-refractivity contribution in [3.63, 3.8) is 0 Å². The van der Waals surface area contributed by atoms with E-state index in [0.717, 1.165) is 27.8 Å². The van der Waals surface area contributed by atoms with Crippen LogP contribution in [0.1, 0.15) is 52.1 Å². The second kappa shape index (κ2) is 13.4. The minimum absolute atomic E-state index is 0.00804. The van der Waals surface area contributed by atoms with Gasteiger partial charge in [-0.1, -0.05) is 79.3 Å². The molecule has 3 heterocycles.